The molecule has 0 saturated heterocycles. The third-order valence-corrected chi connectivity index (χ3v) is 4.44. The summed E-state index contributed by atoms with van der Waals surface area (Å²) in [5, 5.41) is 36.3. The highest BCUT2D eigenvalue weighted by Crippen LogP contribution is 2.23. The van der Waals surface area contributed by atoms with Crippen LogP contribution in [0.3, 0.4) is 0 Å². The Balaban J connectivity index is 2.37. The number of carboxylic acid groups (broad SMARTS) is 4. The zero-order valence-corrected chi connectivity index (χ0v) is 19.0. The molecule has 0 radical (unpaired) electrons. The van der Waals surface area contributed by atoms with Crippen LogP contribution >= 0.6 is 0 Å². The van der Waals surface area contributed by atoms with Crippen LogP contribution in [0.25, 0.3) is 11.4 Å². The molecule has 4 N–H and O–H groups in total. The third kappa shape index (κ3) is 9.73. The number of aliphatic carboxylic acids is 4. The summed E-state index contributed by atoms with van der Waals surface area (Å²) in [5.74, 6) is -4.30. The van der Waals surface area contributed by atoms with E-state index in [2.05, 4.69) is 9.97 Å². The fraction of sp³-hybridized carbons (Fsp3) is 0.364. The van der Waals surface area contributed by atoms with Crippen LogP contribution in [0.5, 0.6) is 5.75 Å². The van der Waals surface area contributed by atoms with E-state index < -0.39 is 50.1 Å². The molecular weight excluding hydrogens is 464 g/mol. The molecule has 13 nitrogen and oxygen atoms in total. The lowest BCUT2D eigenvalue weighted by atomic mass is 10.2. The number of nitrogens with zero attached hydrogens (tertiary/aromatic N) is 4. The Morgan fingerprint density at radius 2 is 1.23 bits per heavy atom. The van der Waals surface area contributed by atoms with Gasteiger partial charge in [0, 0.05) is 25.2 Å². The molecule has 0 atom stereocenters. The van der Waals surface area contributed by atoms with Crippen LogP contribution in [0.2, 0.25) is 0 Å². The Hall–Kier alpha value is -4.10. The van der Waals surface area contributed by atoms with Crippen molar-refractivity contribution in [1.29, 1.82) is 0 Å². The lowest BCUT2D eigenvalue weighted by molar-refractivity contribution is -0.144. The van der Waals surface area contributed by atoms with E-state index in [4.69, 9.17) is 25.2 Å². The quantitative estimate of drug-likeness (QED) is 0.270. The second kappa shape index (κ2) is 13.0. The minimum atomic E-state index is -1.19. The van der Waals surface area contributed by atoms with E-state index >= 15 is 0 Å². The van der Waals surface area contributed by atoms with Crippen molar-refractivity contribution in [3.8, 4) is 17.1 Å². The highest BCUT2D eigenvalue weighted by Gasteiger charge is 2.18. The SMILES string of the molecule is CCOc1cc(CN(CC(=O)O)CC(=O)O)nc(-c2cccc(CN(CC(=O)O)CC(=O)O)n2)c1. The molecular formula is C22H26N4O9. The highest BCUT2D eigenvalue weighted by atomic mass is 16.5. The predicted octanol–water partition coefficient (Wildman–Crippen LogP) is 0.485. The summed E-state index contributed by atoms with van der Waals surface area (Å²) in [5.41, 5.74) is 1.52. The molecule has 0 fully saturated rings. The van der Waals surface area contributed by atoms with E-state index in [9.17, 15) is 19.2 Å². The molecule has 2 aromatic rings. The Kier molecular flexibility index (Phi) is 10.1. The molecule has 0 bridgehead atoms. The van der Waals surface area contributed by atoms with Gasteiger partial charge in [-0.15, -0.1) is 0 Å². The van der Waals surface area contributed by atoms with Crippen molar-refractivity contribution in [1.82, 2.24) is 19.8 Å². The molecule has 0 aromatic carbocycles. The second-order valence-electron chi connectivity index (χ2n) is 7.49. The molecule has 0 aliphatic carbocycles. The summed E-state index contributed by atoms with van der Waals surface area (Å²) < 4.78 is 5.58. The largest absolute Gasteiger partial charge is 0.494 e. The summed E-state index contributed by atoms with van der Waals surface area (Å²) in [6, 6.07) is 8.12. The van der Waals surface area contributed by atoms with Crippen molar-refractivity contribution in [3.63, 3.8) is 0 Å². The average molecular weight is 490 g/mol. The average Bonchev–Trinajstić information content (AvgIpc) is 2.72. The van der Waals surface area contributed by atoms with E-state index in [0.717, 1.165) is 0 Å². The summed E-state index contributed by atoms with van der Waals surface area (Å²) in [6.07, 6.45) is 0. The summed E-state index contributed by atoms with van der Waals surface area (Å²) in [4.78, 5) is 55.8. The van der Waals surface area contributed by atoms with Crippen LogP contribution in [-0.4, -0.2) is 96.9 Å². The zero-order chi connectivity index (χ0) is 26.0. The second-order valence-corrected chi connectivity index (χ2v) is 7.49. The number of rotatable bonds is 15. The van der Waals surface area contributed by atoms with Crippen molar-refractivity contribution >= 4 is 23.9 Å². The Labute approximate surface area is 200 Å². The van der Waals surface area contributed by atoms with Gasteiger partial charge in [-0.25, -0.2) is 9.97 Å². The normalized spacial score (nSPS) is 10.9. The van der Waals surface area contributed by atoms with Crippen LogP contribution in [0.15, 0.2) is 30.3 Å². The maximum absolute atomic E-state index is 11.1. The molecule has 0 spiro atoms. The molecule has 0 aliphatic heterocycles. The summed E-state index contributed by atoms with van der Waals surface area (Å²) in [6.45, 7) is 0.0419. The van der Waals surface area contributed by atoms with Crippen molar-refractivity contribution < 1.29 is 44.3 Å². The number of carbonyl (C=O) groups is 4. The van der Waals surface area contributed by atoms with E-state index in [0.29, 0.717) is 35.1 Å². The molecule has 2 rings (SSSR count). The van der Waals surface area contributed by atoms with E-state index in [-0.39, 0.29) is 13.1 Å². The molecule has 0 amide bonds. The Bertz CT molecular complexity index is 1040. The lowest BCUT2D eigenvalue weighted by Gasteiger charge is -2.19. The van der Waals surface area contributed by atoms with Gasteiger partial charge >= 0.3 is 23.9 Å². The van der Waals surface area contributed by atoms with E-state index in [1.807, 2.05) is 0 Å². The lowest BCUT2D eigenvalue weighted by Crippen LogP contribution is -2.34. The standard InChI is InChI=1S/C22H26N4O9/c1-2-35-16-6-15(9-26(12-21(31)32)13-22(33)34)24-18(7-16)17-5-3-4-14(23-17)8-25(10-19(27)28)11-20(29)30/h3-7H,2,8-13H2,1H3,(H,27,28)(H,29,30)(H,31,32)(H,33,34). The fourth-order valence-corrected chi connectivity index (χ4v) is 3.29. The molecule has 0 saturated carbocycles. The van der Waals surface area contributed by atoms with Gasteiger partial charge in [-0.2, -0.15) is 0 Å². The van der Waals surface area contributed by atoms with E-state index in [1.165, 1.54) is 9.80 Å². The number of hydrogen-bond donors (Lipinski definition) is 4. The fourth-order valence-electron chi connectivity index (χ4n) is 3.29. The number of pyridine rings is 2. The molecule has 0 unspecified atom stereocenters. The topological polar surface area (TPSA) is 191 Å². The highest BCUT2D eigenvalue weighted by molar-refractivity contribution is 5.73. The number of ether oxygens (including phenoxy) is 1. The smallest absolute Gasteiger partial charge is 0.317 e. The van der Waals surface area contributed by atoms with E-state index in [1.54, 1.807) is 37.3 Å². The van der Waals surface area contributed by atoms with Gasteiger partial charge < -0.3 is 25.2 Å². The number of aromatic nitrogens is 2. The van der Waals surface area contributed by atoms with Gasteiger partial charge in [0.25, 0.3) is 0 Å². The number of carboxylic acids is 4. The minimum absolute atomic E-state index is 0.0323. The van der Waals surface area contributed by atoms with Crippen molar-refractivity contribution in [3.05, 3.63) is 41.7 Å². The van der Waals surface area contributed by atoms with Crippen molar-refractivity contribution in [2.75, 3.05) is 32.8 Å². The van der Waals surface area contributed by atoms with Crippen LogP contribution in [0.4, 0.5) is 0 Å². The molecule has 2 aromatic heterocycles. The third-order valence-electron chi connectivity index (χ3n) is 4.44. The maximum Gasteiger partial charge on any atom is 0.317 e. The Morgan fingerprint density at radius 3 is 1.71 bits per heavy atom. The monoisotopic (exact) mass is 490 g/mol. The summed E-state index contributed by atoms with van der Waals surface area (Å²) in [7, 11) is 0. The zero-order valence-electron chi connectivity index (χ0n) is 19.0. The van der Waals surface area contributed by atoms with Gasteiger partial charge in [0.1, 0.15) is 5.75 Å². The first-order chi connectivity index (χ1) is 16.5. The number of hydrogen-bond acceptors (Lipinski definition) is 9. The van der Waals surface area contributed by atoms with Crippen molar-refractivity contribution in [2.45, 2.75) is 20.0 Å². The van der Waals surface area contributed by atoms with Gasteiger partial charge in [-0.05, 0) is 19.1 Å². The maximum atomic E-state index is 11.1. The van der Waals surface area contributed by atoms with Gasteiger partial charge in [-0.1, -0.05) is 6.07 Å². The van der Waals surface area contributed by atoms with Gasteiger partial charge in [0.15, 0.2) is 0 Å². The minimum Gasteiger partial charge on any atom is -0.494 e. The van der Waals surface area contributed by atoms with Crippen LogP contribution < -0.4 is 4.74 Å². The van der Waals surface area contributed by atoms with Gasteiger partial charge in [0.2, 0.25) is 0 Å². The first kappa shape index (κ1) is 27.1. The first-order valence-corrected chi connectivity index (χ1v) is 10.5. The van der Waals surface area contributed by atoms with Crippen LogP contribution in [0, 0.1) is 0 Å². The molecule has 35 heavy (non-hydrogen) atoms. The summed E-state index contributed by atoms with van der Waals surface area (Å²) >= 11 is 0. The molecule has 13 heteroatoms. The van der Waals surface area contributed by atoms with Crippen molar-refractivity contribution in [2.24, 2.45) is 0 Å². The van der Waals surface area contributed by atoms with Gasteiger partial charge in [-0.3, -0.25) is 29.0 Å². The van der Waals surface area contributed by atoms with Crippen LogP contribution in [0.1, 0.15) is 18.3 Å². The molecule has 188 valence electrons. The molecule has 2 heterocycles. The van der Waals surface area contributed by atoms with Crippen LogP contribution in [-0.2, 0) is 32.3 Å². The Morgan fingerprint density at radius 1 is 0.743 bits per heavy atom. The van der Waals surface area contributed by atoms with Gasteiger partial charge in [0.05, 0.1) is 55.6 Å². The predicted molar refractivity (Wildman–Crippen MR) is 120 cm³/mol. The molecule has 0 aliphatic rings. The first-order valence-electron chi connectivity index (χ1n) is 10.5.